The van der Waals surface area contributed by atoms with Crippen LogP contribution >= 0.6 is 34.2 Å². The van der Waals surface area contributed by atoms with Crippen molar-refractivity contribution in [1.29, 1.82) is 0 Å². The number of nitrogens with one attached hydrogen (secondary N) is 2. The van der Waals surface area contributed by atoms with Gasteiger partial charge in [0.15, 0.2) is 11.5 Å². The second-order valence-corrected chi connectivity index (χ2v) is 7.58. The summed E-state index contributed by atoms with van der Waals surface area (Å²) in [4.78, 5) is 29.7. The Morgan fingerprint density at radius 3 is 2.56 bits per heavy atom. The second-order valence-electron chi connectivity index (χ2n) is 6.07. The number of benzene rings is 1. The number of alkyl halides is 3. The monoisotopic (exact) mass is 584 g/mol. The minimum atomic E-state index is -5.08. The molecule has 0 saturated heterocycles. The predicted octanol–water partition coefficient (Wildman–Crippen LogP) is 3.44. The molecule has 2 aromatic heterocycles. The van der Waals surface area contributed by atoms with Crippen molar-refractivity contribution in [3.63, 3.8) is 0 Å². The van der Waals surface area contributed by atoms with E-state index in [0.29, 0.717) is 35.1 Å². The van der Waals surface area contributed by atoms with Crippen molar-refractivity contribution < 1.29 is 27.9 Å². The van der Waals surface area contributed by atoms with Crippen molar-refractivity contribution in [2.45, 2.75) is 12.6 Å². The minimum absolute atomic E-state index is 0.215. The summed E-state index contributed by atoms with van der Waals surface area (Å²) in [7, 11) is 0. The van der Waals surface area contributed by atoms with Crippen LogP contribution in [0.15, 0.2) is 36.8 Å². The molecule has 5 N–H and O–H groups in total. The van der Waals surface area contributed by atoms with Gasteiger partial charge in [0.1, 0.15) is 3.70 Å². The number of nitrogens with zero attached hydrogens (tertiary/aromatic N) is 3. The molecule has 0 radical (unpaired) electrons. The van der Waals surface area contributed by atoms with Gasteiger partial charge in [0.05, 0.1) is 16.8 Å². The van der Waals surface area contributed by atoms with Crippen molar-refractivity contribution in [3.05, 3.63) is 51.1 Å². The number of carbonyl (C=O) groups excluding carboxylic acids is 1. The van der Waals surface area contributed by atoms with Crippen LogP contribution < -0.4 is 16.4 Å². The summed E-state index contributed by atoms with van der Waals surface area (Å²) < 4.78 is 34.7. The number of amides is 1. The lowest BCUT2D eigenvalue weighted by molar-refractivity contribution is -0.192. The quantitative estimate of drug-likeness (QED) is 0.258. The molecule has 32 heavy (non-hydrogen) atoms. The van der Waals surface area contributed by atoms with Crippen molar-refractivity contribution in [3.8, 4) is 0 Å². The number of fused-ring (bicyclic) bond motifs is 1. The van der Waals surface area contributed by atoms with Gasteiger partial charge < -0.3 is 21.5 Å². The van der Waals surface area contributed by atoms with E-state index in [1.165, 1.54) is 0 Å². The molecule has 172 valence electrons. The van der Waals surface area contributed by atoms with E-state index in [4.69, 9.17) is 27.2 Å². The number of aliphatic carboxylic acids is 1. The molecule has 0 aliphatic heterocycles. The lowest BCUT2D eigenvalue weighted by Crippen LogP contribution is -2.26. The summed E-state index contributed by atoms with van der Waals surface area (Å²) in [6, 6.07) is 5.15. The third kappa shape index (κ3) is 6.93. The Balaban J connectivity index is 0.000000451. The number of hydrogen-bond acceptors (Lipinski definition) is 6. The Morgan fingerprint density at radius 1 is 1.28 bits per heavy atom. The van der Waals surface area contributed by atoms with Crippen LogP contribution in [0.2, 0.25) is 5.02 Å². The van der Waals surface area contributed by atoms with Gasteiger partial charge in [0, 0.05) is 24.6 Å². The molecule has 14 heteroatoms. The number of aromatic nitrogens is 3. The maximum absolute atomic E-state index is 12.1. The van der Waals surface area contributed by atoms with E-state index in [0.717, 1.165) is 15.8 Å². The largest absolute Gasteiger partial charge is 0.490 e. The van der Waals surface area contributed by atoms with E-state index in [1.807, 2.05) is 10.6 Å². The summed E-state index contributed by atoms with van der Waals surface area (Å²) in [5, 5.41) is 13.5. The lowest BCUT2D eigenvalue weighted by Gasteiger charge is -2.10. The van der Waals surface area contributed by atoms with Gasteiger partial charge in [-0.25, -0.2) is 14.8 Å². The number of imidazole rings is 1. The lowest BCUT2D eigenvalue weighted by atomic mass is 10.2. The molecule has 3 rings (SSSR count). The van der Waals surface area contributed by atoms with Crippen molar-refractivity contribution in [2.75, 3.05) is 18.4 Å². The number of hydrogen-bond donors (Lipinski definition) is 4. The summed E-state index contributed by atoms with van der Waals surface area (Å²) in [6.07, 6.45) is 0.948. The molecule has 3 aromatic rings. The first kappa shape index (κ1) is 25.6. The van der Waals surface area contributed by atoms with E-state index in [-0.39, 0.29) is 5.91 Å². The summed E-state index contributed by atoms with van der Waals surface area (Å²) in [5.41, 5.74) is 7.28. The highest BCUT2D eigenvalue weighted by atomic mass is 127. The van der Waals surface area contributed by atoms with Gasteiger partial charge in [0.2, 0.25) is 0 Å². The molecule has 0 fully saturated rings. The van der Waals surface area contributed by atoms with Crippen LogP contribution in [0.4, 0.5) is 24.7 Å². The fraction of sp³-hybridized carbons (Fsp3) is 0.222. The molecule has 9 nitrogen and oxygen atoms in total. The van der Waals surface area contributed by atoms with Crippen LogP contribution in [-0.4, -0.2) is 50.6 Å². The fourth-order valence-electron chi connectivity index (χ4n) is 2.29. The average molecular weight is 585 g/mol. The van der Waals surface area contributed by atoms with Crippen LogP contribution in [0.25, 0.3) is 5.65 Å². The predicted molar refractivity (Wildman–Crippen MR) is 120 cm³/mol. The molecule has 0 aliphatic rings. The highest BCUT2D eigenvalue weighted by molar-refractivity contribution is 14.1. The standard InChI is InChI=1S/C16H16ClIN6O.C2HF3O2/c17-12-8-10(2-3-11(12)16(25)21-5-1-4-19)23-14-15-22-9-13(18)24(15)7-6-20-14;3-2(4,5)1(6)7/h2-3,6-9H,1,4-5,19H2,(H,20,23)(H,21,25);(H,6,7). The van der Waals surface area contributed by atoms with Crippen molar-refractivity contribution in [1.82, 2.24) is 19.7 Å². The smallest absolute Gasteiger partial charge is 0.475 e. The zero-order valence-corrected chi connectivity index (χ0v) is 19.1. The molecule has 1 amide bonds. The minimum Gasteiger partial charge on any atom is -0.475 e. The topological polar surface area (TPSA) is 135 Å². The summed E-state index contributed by atoms with van der Waals surface area (Å²) in [6.45, 7) is 1.05. The van der Waals surface area contributed by atoms with Crippen LogP contribution in [0, 0.1) is 3.70 Å². The van der Waals surface area contributed by atoms with Gasteiger partial charge in [-0.1, -0.05) is 11.6 Å². The Labute approximate surface area is 198 Å². The van der Waals surface area contributed by atoms with E-state index in [9.17, 15) is 18.0 Å². The number of nitrogens with two attached hydrogens (primary N) is 1. The van der Waals surface area contributed by atoms with Gasteiger partial charge in [-0.05, 0) is 53.8 Å². The third-order valence-electron chi connectivity index (χ3n) is 3.77. The van der Waals surface area contributed by atoms with Crippen LogP contribution in [-0.2, 0) is 4.79 Å². The van der Waals surface area contributed by atoms with Gasteiger partial charge in [0.25, 0.3) is 5.91 Å². The highest BCUT2D eigenvalue weighted by Crippen LogP contribution is 2.25. The molecule has 0 aliphatic carbocycles. The maximum atomic E-state index is 12.1. The normalized spacial score (nSPS) is 10.9. The summed E-state index contributed by atoms with van der Waals surface area (Å²) >= 11 is 8.46. The van der Waals surface area contributed by atoms with Crippen LogP contribution in [0.5, 0.6) is 0 Å². The molecule has 2 heterocycles. The van der Waals surface area contributed by atoms with Crippen LogP contribution in [0.3, 0.4) is 0 Å². The fourth-order valence-corrected chi connectivity index (χ4v) is 3.09. The first-order chi connectivity index (χ1) is 15.0. The molecule has 0 saturated carbocycles. The molecule has 1 aromatic carbocycles. The van der Waals surface area contributed by atoms with Crippen molar-refractivity contribution >= 4 is 63.2 Å². The SMILES string of the molecule is NCCCNC(=O)c1ccc(Nc2nccn3c(I)cnc23)cc1Cl.O=C(O)C(F)(F)F. The van der Waals surface area contributed by atoms with Crippen LogP contribution in [0.1, 0.15) is 16.8 Å². The number of halogens is 5. The van der Waals surface area contributed by atoms with E-state index >= 15 is 0 Å². The Kier molecular flexibility index (Phi) is 9.03. The zero-order valence-electron chi connectivity index (χ0n) is 16.2. The van der Waals surface area contributed by atoms with Gasteiger partial charge in [-0.2, -0.15) is 13.2 Å². The number of carboxylic acid groups (broad SMARTS) is 1. The molecule has 0 spiro atoms. The number of rotatable bonds is 6. The van der Waals surface area contributed by atoms with Gasteiger partial charge >= 0.3 is 12.1 Å². The number of carboxylic acids is 1. The molecule has 0 bridgehead atoms. The third-order valence-corrected chi connectivity index (χ3v) is 4.88. The maximum Gasteiger partial charge on any atom is 0.490 e. The number of carbonyl (C=O) groups is 2. The average Bonchev–Trinajstić information content (AvgIpc) is 3.10. The van der Waals surface area contributed by atoms with Gasteiger partial charge in [-0.3, -0.25) is 9.20 Å². The molecular weight excluding hydrogens is 568 g/mol. The van der Waals surface area contributed by atoms with E-state index < -0.39 is 12.1 Å². The van der Waals surface area contributed by atoms with Gasteiger partial charge in [-0.15, -0.1) is 0 Å². The molecular formula is C18H17ClF3IN6O3. The van der Waals surface area contributed by atoms with Crippen molar-refractivity contribution in [2.24, 2.45) is 5.73 Å². The Morgan fingerprint density at radius 2 is 1.97 bits per heavy atom. The summed E-state index contributed by atoms with van der Waals surface area (Å²) in [5.74, 6) is -2.36. The second kappa shape index (κ2) is 11.3. The zero-order chi connectivity index (χ0) is 23.9. The Hall–Kier alpha value is -2.65. The highest BCUT2D eigenvalue weighted by Gasteiger charge is 2.38. The van der Waals surface area contributed by atoms with E-state index in [1.54, 1.807) is 30.6 Å². The molecule has 0 unspecified atom stereocenters. The Bertz CT molecular complexity index is 1110. The first-order valence-corrected chi connectivity index (χ1v) is 10.3. The number of anilines is 2. The van der Waals surface area contributed by atoms with E-state index in [2.05, 4.69) is 43.2 Å². The molecule has 0 atom stereocenters. The first-order valence-electron chi connectivity index (χ1n) is 8.87.